The smallest absolute Gasteiger partial charge is 0.255 e. The van der Waals surface area contributed by atoms with Crippen LogP contribution in [0.25, 0.3) is 0 Å². The number of hydrogen-bond acceptors (Lipinski definition) is 5. The molecule has 24 heavy (non-hydrogen) atoms. The summed E-state index contributed by atoms with van der Waals surface area (Å²) in [6.45, 7) is 0.610. The first-order chi connectivity index (χ1) is 11.6. The quantitative estimate of drug-likeness (QED) is 0.773. The van der Waals surface area contributed by atoms with Gasteiger partial charge in [0, 0.05) is 30.0 Å². The van der Waals surface area contributed by atoms with Crippen LogP contribution >= 0.6 is 11.3 Å². The third-order valence-electron chi connectivity index (χ3n) is 5.13. The third kappa shape index (κ3) is 1.73. The highest BCUT2D eigenvalue weighted by Gasteiger charge is 2.49. The maximum Gasteiger partial charge on any atom is 0.255 e. The average Bonchev–Trinajstić information content (AvgIpc) is 3.11. The fraction of sp³-hybridized carbons (Fsp3) is 0.294. The van der Waals surface area contributed by atoms with E-state index in [1.54, 1.807) is 17.4 Å². The van der Waals surface area contributed by atoms with Gasteiger partial charge in [-0.1, -0.05) is 6.07 Å². The predicted octanol–water partition coefficient (Wildman–Crippen LogP) is 2.71. The molecule has 1 saturated heterocycles. The van der Waals surface area contributed by atoms with Crippen LogP contribution in [-0.2, 0) is 0 Å². The van der Waals surface area contributed by atoms with Crippen molar-refractivity contribution in [1.29, 1.82) is 0 Å². The Balaban J connectivity index is 1.56. The molecule has 3 aliphatic heterocycles. The van der Waals surface area contributed by atoms with Crippen LogP contribution < -0.4 is 11.1 Å². The molecule has 2 aromatic rings. The molecule has 3 N–H and O–H groups in total. The molecule has 5 rings (SSSR count). The summed E-state index contributed by atoms with van der Waals surface area (Å²) < 4.78 is 14.0. The van der Waals surface area contributed by atoms with Gasteiger partial charge in [-0.3, -0.25) is 4.79 Å². The van der Waals surface area contributed by atoms with Crippen molar-refractivity contribution < 1.29 is 9.18 Å². The Morgan fingerprint density at radius 3 is 3.17 bits per heavy atom. The van der Waals surface area contributed by atoms with Crippen molar-refractivity contribution in [1.82, 2.24) is 4.90 Å². The highest BCUT2D eigenvalue weighted by Crippen LogP contribution is 2.48. The number of benzene rings is 1. The Hall–Kier alpha value is -2.41. The molecule has 1 spiro atoms. The molecule has 0 radical (unpaired) electrons. The molecule has 122 valence electrons. The lowest BCUT2D eigenvalue weighted by molar-refractivity contribution is 0.0608. The van der Waals surface area contributed by atoms with Crippen molar-refractivity contribution >= 4 is 28.8 Å². The molecule has 0 bridgehead atoms. The number of carbonyl (C=O) groups is 1. The topological polar surface area (TPSA) is 70.7 Å². The van der Waals surface area contributed by atoms with Gasteiger partial charge in [0.05, 0.1) is 17.2 Å². The number of aliphatic imine (C=N–C) groups is 1. The molecule has 5 nitrogen and oxygen atoms in total. The first-order valence-corrected chi connectivity index (χ1v) is 8.77. The van der Waals surface area contributed by atoms with Gasteiger partial charge in [0.1, 0.15) is 17.3 Å². The number of carbonyl (C=O) groups excluding carboxylic acids is 1. The second-order valence-corrected chi connectivity index (χ2v) is 7.43. The van der Waals surface area contributed by atoms with Crippen LogP contribution in [0.2, 0.25) is 0 Å². The molecule has 1 fully saturated rings. The lowest BCUT2D eigenvalue weighted by Crippen LogP contribution is -2.51. The zero-order chi connectivity index (χ0) is 16.5. The number of nitrogens with zero attached hydrogens (tertiary/aromatic N) is 2. The normalized spacial score (nSPS) is 27.4. The van der Waals surface area contributed by atoms with Gasteiger partial charge >= 0.3 is 0 Å². The van der Waals surface area contributed by atoms with Crippen molar-refractivity contribution in [3.8, 4) is 0 Å². The van der Waals surface area contributed by atoms with Crippen molar-refractivity contribution in [3.63, 3.8) is 0 Å². The number of anilines is 1. The highest BCUT2D eigenvalue weighted by molar-refractivity contribution is 7.10. The van der Waals surface area contributed by atoms with E-state index >= 15 is 0 Å². The fourth-order valence-corrected chi connectivity index (χ4v) is 5.05. The maximum absolute atomic E-state index is 14.0. The number of hydrogen-bond donors (Lipinski definition) is 2. The van der Waals surface area contributed by atoms with Crippen molar-refractivity contribution in [2.45, 2.75) is 24.5 Å². The molecule has 2 atom stereocenters. The van der Waals surface area contributed by atoms with Gasteiger partial charge in [0.2, 0.25) is 0 Å². The third-order valence-corrected chi connectivity index (χ3v) is 6.15. The van der Waals surface area contributed by atoms with Crippen molar-refractivity contribution in [2.75, 3.05) is 11.9 Å². The van der Waals surface area contributed by atoms with Gasteiger partial charge in [-0.15, -0.1) is 11.3 Å². The Morgan fingerprint density at radius 1 is 1.42 bits per heavy atom. The van der Waals surface area contributed by atoms with E-state index in [-0.39, 0.29) is 23.6 Å². The van der Waals surface area contributed by atoms with Gasteiger partial charge in [0.25, 0.3) is 5.91 Å². The average molecular weight is 342 g/mol. The van der Waals surface area contributed by atoms with Crippen LogP contribution in [-0.4, -0.2) is 28.9 Å². The SMILES string of the molecule is NC1=N[C@@]2(CCN3C(=O)c4ccsc4C3C2)Nc2cccc(F)c21. The number of halogens is 1. The molecule has 1 aromatic carbocycles. The van der Waals surface area contributed by atoms with Gasteiger partial charge in [-0.25, -0.2) is 9.38 Å². The Kier molecular flexibility index (Phi) is 2.66. The molecule has 4 heterocycles. The van der Waals surface area contributed by atoms with E-state index in [9.17, 15) is 9.18 Å². The van der Waals surface area contributed by atoms with Crippen molar-refractivity contribution in [2.24, 2.45) is 10.7 Å². The summed E-state index contributed by atoms with van der Waals surface area (Å²) in [6, 6.07) is 6.78. The summed E-state index contributed by atoms with van der Waals surface area (Å²) in [5, 5.41) is 5.35. The van der Waals surface area contributed by atoms with Gasteiger partial charge < -0.3 is 16.0 Å². The molecule has 1 unspecified atom stereocenters. The summed E-state index contributed by atoms with van der Waals surface area (Å²) in [5.74, 6) is -0.0403. The number of thiophene rings is 1. The van der Waals surface area contributed by atoms with Crippen LogP contribution in [0.3, 0.4) is 0 Å². The molecule has 7 heteroatoms. The number of fused-ring (bicyclic) bond motifs is 4. The molecule has 1 aromatic heterocycles. The largest absolute Gasteiger partial charge is 0.383 e. The van der Waals surface area contributed by atoms with Crippen LogP contribution in [0, 0.1) is 5.82 Å². The van der Waals surface area contributed by atoms with E-state index in [0.29, 0.717) is 30.6 Å². The monoisotopic (exact) mass is 342 g/mol. The van der Waals surface area contributed by atoms with E-state index in [1.165, 1.54) is 6.07 Å². The number of rotatable bonds is 0. The number of nitrogens with two attached hydrogens (primary N) is 1. The molecular weight excluding hydrogens is 327 g/mol. The second kappa shape index (κ2) is 4.57. The minimum absolute atomic E-state index is 0.0143. The van der Waals surface area contributed by atoms with Gasteiger partial charge in [0.15, 0.2) is 0 Å². The zero-order valence-electron chi connectivity index (χ0n) is 12.8. The van der Waals surface area contributed by atoms with Gasteiger partial charge in [-0.05, 0) is 23.6 Å². The summed E-state index contributed by atoms with van der Waals surface area (Å²) in [7, 11) is 0. The molecule has 0 aliphatic carbocycles. The van der Waals surface area contributed by atoms with Crippen LogP contribution in [0.4, 0.5) is 10.1 Å². The zero-order valence-corrected chi connectivity index (χ0v) is 13.6. The van der Waals surface area contributed by atoms with Gasteiger partial charge in [-0.2, -0.15) is 0 Å². The van der Waals surface area contributed by atoms with Crippen molar-refractivity contribution in [3.05, 3.63) is 51.5 Å². The summed E-state index contributed by atoms with van der Waals surface area (Å²) >= 11 is 1.61. The van der Waals surface area contributed by atoms with E-state index in [2.05, 4.69) is 10.3 Å². The number of piperidine rings is 1. The van der Waals surface area contributed by atoms with Crippen LogP contribution in [0.5, 0.6) is 0 Å². The maximum atomic E-state index is 14.0. The predicted molar refractivity (Wildman–Crippen MR) is 90.8 cm³/mol. The van der Waals surface area contributed by atoms with E-state index in [4.69, 9.17) is 5.73 Å². The lowest BCUT2D eigenvalue weighted by atomic mass is 9.89. The molecule has 3 aliphatic rings. The summed E-state index contributed by atoms with van der Waals surface area (Å²) in [6.07, 6.45) is 1.30. The van der Waals surface area contributed by atoms with E-state index in [1.807, 2.05) is 22.4 Å². The number of amides is 1. The summed E-state index contributed by atoms with van der Waals surface area (Å²) in [4.78, 5) is 20.1. The first kappa shape index (κ1) is 14.0. The highest BCUT2D eigenvalue weighted by atomic mass is 32.1. The second-order valence-electron chi connectivity index (χ2n) is 6.48. The minimum atomic E-state index is -0.585. The lowest BCUT2D eigenvalue weighted by Gasteiger charge is -2.44. The Morgan fingerprint density at radius 2 is 2.29 bits per heavy atom. The number of nitrogens with one attached hydrogen (secondary N) is 1. The standard InChI is InChI=1S/C17H15FN4OS/c18-10-2-1-3-11-13(10)15(19)21-17(20-11)5-6-22-12(8-17)14-9(16(22)23)4-7-24-14/h1-4,7,12,20H,5-6,8H2,(H2,19,21)/t12?,17-/m1/s1. The van der Waals surface area contributed by atoms with E-state index in [0.717, 1.165) is 10.4 Å². The van der Waals surface area contributed by atoms with Crippen LogP contribution in [0.1, 0.15) is 39.7 Å². The summed E-state index contributed by atoms with van der Waals surface area (Å²) in [5.41, 5.74) is 7.32. The molecule has 1 amide bonds. The molecular formula is C17H15FN4OS. The fourth-order valence-electron chi connectivity index (χ4n) is 4.05. The Bertz CT molecular complexity index is 908. The Labute approximate surface area is 142 Å². The van der Waals surface area contributed by atoms with E-state index < -0.39 is 5.66 Å². The van der Waals surface area contributed by atoms with Crippen LogP contribution in [0.15, 0.2) is 34.6 Å². The number of amidine groups is 1. The minimum Gasteiger partial charge on any atom is -0.383 e. The molecule has 0 saturated carbocycles. The first-order valence-electron chi connectivity index (χ1n) is 7.89.